The van der Waals surface area contributed by atoms with Crippen LogP contribution in [0.25, 0.3) is 0 Å². The van der Waals surface area contributed by atoms with Crippen molar-refractivity contribution in [3.8, 4) is 0 Å². The lowest BCUT2D eigenvalue weighted by atomic mass is 10.1. The molecule has 1 fully saturated rings. The Morgan fingerprint density at radius 1 is 1.36 bits per heavy atom. The molecule has 1 saturated heterocycles. The minimum Gasteiger partial charge on any atom is -0.380 e. The van der Waals surface area contributed by atoms with Gasteiger partial charge in [0.05, 0.1) is 18.3 Å². The summed E-state index contributed by atoms with van der Waals surface area (Å²) in [7, 11) is 3.92. The number of methoxy groups -OCH3 is 1. The molecule has 0 saturated carbocycles. The summed E-state index contributed by atoms with van der Waals surface area (Å²) in [5, 5.41) is 0. The molecule has 3 heteroatoms. The standard InChI is InChI=1S/C11H23NO2/c1-11(2,3)14-8-9-6-10(13-5)7-12(9)4/h9-10H,6-8H2,1-5H3/t9-,10-/m0/s1. The molecule has 0 aromatic carbocycles. The van der Waals surface area contributed by atoms with E-state index in [0.29, 0.717) is 12.1 Å². The number of likely N-dealkylation sites (tertiary alicyclic amines) is 1. The summed E-state index contributed by atoms with van der Waals surface area (Å²) in [6, 6.07) is 0.513. The first-order chi connectivity index (χ1) is 6.42. The number of rotatable bonds is 3. The molecule has 1 rings (SSSR count). The Hall–Kier alpha value is -0.120. The molecule has 0 aromatic heterocycles. The monoisotopic (exact) mass is 201 g/mol. The molecule has 0 bridgehead atoms. The molecule has 0 radical (unpaired) electrons. The zero-order valence-electron chi connectivity index (χ0n) is 10.0. The molecule has 3 nitrogen and oxygen atoms in total. The lowest BCUT2D eigenvalue weighted by Crippen LogP contribution is -2.33. The van der Waals surface area contributed by atoms with Gasteiger partial charge in [0.15, 0.2) is 0 Å². The van der Waals surface area contributed by atoms with Crippen molar-refractivity contribution < 1.29 is 9.47 Å². The van der Waals surface area contributed by atoms with Gasteiger partial charge in [0.25, 0.3) is 0 Å². The highest BCUT2D eigenvalue weighted by Gasteiger charge is 2.30. The van der Waals surface area contributed by atoms with E-state index in [1.807, 2.05) is 0 Å². The molecule has 0 N–H and O–H groups in total. The van der Waals surface area contributed by atoms with Gasteiger partial charge in [-0.2, -0.15) is 0 Å². The highest BCUT2D eigenvalue weighted by Crippen LogP contribution is 2.20. The second-order valence-corrected chi connectivity index (χ2v) is 5.11. The van der Waals surface area contributed by atoms with Gasteiger partial charge in [-0.1, -0.05) is 0 Å². The molecule has 14 heavy (non-hydrogen) atoms. The molecule has 84 valence electrons. The predicted molar refractivity (Wildman–Crippen MR) is 57.5 cm³/mol. The minimum absolute atomic E-state index is 0.0357. The first kappa shape index (κ1) is 12.0. The average molecular weight is 201 g/mol. The summed E-state index contributed by atoms with van der Waals surface area (Å²) in [5.41, 5.74) is -0.0357. The third-order valence-electron chi connectivity index (χ3n) is 2.69. The number of likely N-dealkylation sites (N-methyl/N-ethyl adjacent to an activating group) is 1. The van der Waals surface area contributed by atoms with E-state index in [9.17, 15) is 0 Å². The minimum atomic E-state index is -0.0357. The average Bonchev–Trinajstić information content (AvgIpc) is 2.42. The van der Waals surface area contributed by atoms with E-state index >= 15 is 0 Å². The number of nitrogens with zero attached hydrogens (tertiary/aromatic N) is 1. The zero-order valence-corrected chi connectivity index (χ0v) is 10.0. The first-order valence-corrected chi connectivity index (χ1v) is 5.29. The van der Waals surface area contributed by atoms with E-state index in [2.05, 4.69) is 32.7 Å². The van der Waals surface area contributed by atoms with Crippen molar-refractivity contribution in [2.75, 3.05) is 27.3 Å². The van der Waals surface area contributed by atoms with E-state index in [-0.39, 0.29) is 5.60 Å². The lowest BCUT2D eigenvalue weighted by Gasteiger charge is -2.25. The third-order valence-corrected chi connectivity index (χ3v) is 2.69. The predicted octanol–water partition coefficient (Wildman–Crippen LogP) is 1.52. The third kappa shape index (κ3) is 3.56. The Morgan fingerprint density at radius 2 is 2.00 bits per heavy atom. The van der Waals surface area contributed by atoms with Crippen molar-refractivity contribution in [1.82, 2.24) is 4.90 Å². The van der Waals surface area contributed by atoms with E-state index in [0.717, 1.165) is 19.6 Å². The molecule has 2 atom stereocenters. The van der Waals surface area contributed by atoms with Crippen LogP contribution in [0, 0.1) is 0 Å². The lowest BCUT2D eigenvalue weighted by molar-refractivity contribution is -0.0255. The largest absolute Gasteiger partial charge is 0.380 e. The topological polar surface area (TPSA) is 21.7 Å². The van der Waals surface area contributed by atoms with Crippen molar-refractivity contribution in [2.45, 2.75) is 44.9 Å². The number of hydrogen-bond acceptors (Lipinski definition) is 3. The quantitative estimate of drug-likeness (QED) is 0.691. The molecule has 0 spiro atoms. The second kappa shape index (κ2) is 4.60. The molecular weight excluding hydrogens is 178 g/mol. The molecule has 1 aliphatic heterocycles. The van der Waals surface area contributed by atoms with Gasteiger partial charge >= 0.3 is 0 Å². The molecule has 1 aliphatic rings. The molecule has 0 aliphatic carbocycles. The van der Waals surface area contributed by atoms with E-state index in [4.69, 9.17) is 9.47 Å². The van der Waals surface area contributed by atoms with Crippen LogP contribution in [0.2, 0.25) is 0 Å². The van der Waals surface area contributed by atoms with Gasteiger partial charge in [-0.3, -0.25) is 4.90 Å². The summed E-state index contributed by atoms with van der Waals surface area (Å²) < 4.78 is 11.1. The number of hydrogen-bond donors (Lipinski definition) is 0. The fraction of sp³-hybridized carbons (Fsp3) is 1.00. The van der Waals surface area contributed by atoms with Gasteiger partial charge in [-0.05, 0) is 34.2 Å². The second-order valence-electron chi connectivity index (χ2n) is 5.11. The highest BCUT2D eigenvalue weighted by atomic mass is 16.5. The van der Waals surface area contributed by atoms with Crippen LogP contribution in [0.4, 0.5) is 0 Å². The summed E-state index contributed by atoms with van der Waals surface area (Å²) in [5.74, 6) is 0. The van der Waals surface area contributed by atoms with Gasteiger partial charge in [-0.25, -0.2) is 0 Å². The van der Waals surface area contributed by atoms with Crippen LogP contribution in [0.3, 0.4) is 0 Å². The Bertz CT molecular complexity index is 177. The first-order valence-electron chi connectivity index (χ1n) is 5.29. The maximum absolute atomic E-state index is 5.78. The van der Waals surface area contributed by atoms with Crippen LogP contribution in [-0.4, -0.2) is 50.0 Å². The smallest absolute Gasteiger partial charge is 0.0714 e. The fourth-order valence-corrected chi connectivity index (χ4v) is 1.74. The maximum Gasteiger partial charge on any atom is 0.0714 e. The molecule has 0 aromatic rings. The summed E-state index contributed by atoms with van der Waals surface area (Å²) in [6.45, 7) is 8.11. The fourth-order valence-electron chi connectivity index (χ4n) is 1.74. The van der Waals surface area contributed by atoms with Crippen molar-refractivity contribution in [1.29, 1.82) is 0 Å². The van der Waals surface area contributed by atoms with Crippen LogP contribution in [0.5, 0.6) is 0 Å². The highest BCUT2D eigenvalue weighted by molar-refractivity contribution is 4.84. The van der Waals surface area contributed by atoms with Crippen molar-refractivity contribution in [3.63, 3.8) is 0 Å². The van der Waals surface area contributed by atoms with Gasteiger partial charge in [-0.15, -0.1) is 0 Å². The van der Waals surface area contributed by atoms with Crippen LogP contribution >= 0.6 is 0 Å². The van der Waals surface area contributed by atoms with Crippen molar-refractivity contribution in [3.05, 3.63) is 0 Å². The summed E-state index contributed by atoms with van der Waals surface area (Å²) >= 11 is 0. The Morgan fingerprint density at radius 3 is 2.43 bits per heavy atom. The van der Waals surface area contributed by atoms with Gasteiger partial charge in [0.2, 0.25) is 0 Å². The molecule has 0 amide bonds. The van der Waals surface area contributed by atoms with Crippen LogP contribution in [0.1, 0.15) is 27.2 Å². The SMILES string of the molecule is CO[C@H]1C[C@@H](COC(C)(C)C)N(C)C1. The Kier molecular flexibility index (Phi) is 3.93. The Balaban J connectivity index is 2.32. The number of ether oxygens (including phenoxy) is 2. The maximum atomic E-state index is 5.78. The molecule has 0 unspecified atom stereocenters. The Labute approximate surface area is 87.4 Å². The summed E-state index contributed by atoms with van der Waals surface area (Å²) in [4.78, 5) is 2.32. The van der Waals surface area contributed by atoms with Crippen molar-refractivity contribution >= 4 is 0 Å². The van der Waals surface area contributed by atoms with Crippen LogP contribution in [-0.2, 0) is 9.47 Å². The van der Waals surface area contributed by atoms with Gasteiger partial charge < -0.3 is 9.47 Å². The zero-order chi connectivity index (χ0) is 10.8. The van der Waals surface area contributed by atoms with E-state index < -0.39 is 0 Å². The van der Waals surface area contributed by atoms with Gasteiger partial charge in [0.1, 0.15) is 0 Å². The van der Waals surface area contributed by atoms with Crippen LogP contribution < -0.4 is 0 Å². The molecular formula is C11H23NO2. The van der Waals surface area contributed by atoms with E-state index in [1.54, 1.807) is 7.11 Å². The normalized spacial score (nSPS) is 29.8. The van der Waals surface area contributed by atoms with E-state index in [1.165, 1.54) is 0 Å². The van der Waals surface area contributed by atoms with Crippen molar-refractivity contribution in [2.24, 2.45) is 0 Å². The van der Waals surface area contributed by atoms with Crippen LogP contribution in [0.15, 0.2) is 0 Å². The summed E-state index contributed by atoms with van der Waals surface area (Å²) in [6.07, 6.45) is 1.47. The molecule has 1 heterocycles. The van der Waals surface area contributed by atoms with Gasteiger partial charge in [0, 0.05) is 19.7 Å².